The fourth-order valence-corrected chi connectivity index (χ4v) is 3.95. The lowest BCUT2D eigenvalue weighted by molar-refractivity contribution is -0.127. The molecule has 0 aromatic carbocycles. The van der Waals surface area contributed by atoms with Crippen LogP contribution in [0.25, 0.3) is 11.1 Å². The zero-order valence-electron chi connectivity index (χ0n) is 16.0. The Balaban J connectivity index is 1.60. The normalized spacial score (nSPS) is 17.4. The van der Waals surface area contributed by atoms with Crippen LogP contribution in [0.15, 0.2) is 54.2 Å². The molecule has 1 saturated carbocycles. The van der Waals surface area contributed by atoms with E-state index >= 15 is 0 Å². The maximum Gasteiger partial charge on any atom is 0.271 e. The van der Waals surface area contributed by atoms with Crippen molar-refractivity contribution in [1.29, 1.82) is 0 Å². The topological polar surface area (TPSA) is 69.3 Å². The number of piperidine rings is 1. The summed E-state index contributed by atoms with van der Waals surface area (Å²) in [5.74, 6) is 0.654. The summed E-state index contributed by atoms with van der Waals surface area (Å²) in [7, 11) is 0. The van der Waals surface area contributed by atoms with Crippen LogP contribution in [0.4, 0.5) is 5.69 Å². The van der Waals surface area contributed by atoms with Crippen LogP contribution in [0, 0.1) is 5.92 Å². The predicted molar refractivity (Wildman–Crippen MR) is 110 cm³/mol. The molecule has 2 aromatic rings. The van der Waals surface area contributed by atoms with Gasteiger partial charge in [-0.15, -0.1) is 0 Å². The van der Waals surface area contributed by atoms with Crippen LogP contribution >= 0.6 is 0 Å². The van der Waals surface area contributed by atoms with Gasteiger partial charge in [0.05, 0.1) is 0 Å². The van der Waals surface area contributed by atoms with Crippen molar-refractivity contribution < 1.29 is 4.79 Å². The van der Waals surface area contributed by atoms with Crippen LogP contribution < -0.4 is 10.5 Å². The molecule has 0 unspecified atom stereocenters. The van der Waals surface area contributed by atoms with Gasteiger partial charge in [-0.05, 0) is 61.4 Å². The maximum absolute atomic E-state index is 12.7. The van der Waals surface area contributed by atoms with Gasteiger partial charge in [-0.2, -0.15) is 0 Å². The number of aromatic amines is 1. The van der Waals surface area contributed by atoms with E-state index in [4.69, 9.17) is 0 Å². The maximum atomic E-state index is 12.7. The van der Waals surface area contributed by atoms with Gasteiger partial charge in [0.15, 0.2) is 0 Å². The number of anilines is 1. The average Bonchev–Trinajstić information content (AvgIpc) is 3.57. The smallest absolute Gasteiger partial charge is 0.271 e. The standard InChI is InChI=1S/C22H26N4O2/c1-2-21(27)25-11-7-19(8-12-25)26(15-16-3-4-16)20-13-18(14-24-22(20)28)17-5-9-23-10-6-17/h2,5-6,9-10,13-14,16,19H,1,3-4,7-8,11-12,15H2,(H,24,28). The molecule has 2 aliphatic rings. The van der Waals surface area contributed by atoms with Crippen LogP contribution in [0.5, 0.6) is 0 Å². The third-order valence-corrected chi connectivity index (χ3v) is 5.75. The first-order valence-electron chi connectivity index (χ1n) is 9.97. The minimum Gasteiger partial charge on any atom is -0.364 e. The molecule has 6 nitrogen and oxygen atoms in total. The number of amides is 1. The predicted octanol–water partition coefficient (Wildman–Crippen LogP) is 2.83. The van der Waals surface area contributed by atoms with Gasteiger partial charge in [-0.25, -0.2) is 0 Å². The number of aromatic nitrogens is 2. The van der Waals surface area contributed by atoms with Gasteiger partial charge >= 0.3 is 0 Å². The lowest BCUT2D eigenvalue weighted by atomic mass is 10.0. The molecule has 1 amide bonds. The highest BCUT2D eigenvalue weighted by molar-refractivity contribution is 5.87. The zero-order valence-corrected chi connectivity index (χ0v) is 16.0. The molecule has 146 valence electrons. The third kappa shape index (κ3) is 4.01. The Morgan fingerprint density at radius 2 is 1.93 bits per heavy atom. The molecule has 2 fully saturated rings. The van der Waals surface area contributed by atoms with Crippen molar-refractivity contribution in [2.24, 2.45) is 5.92 Å². The molecule has 1 N–H and O–H groups in total. The Bertz CT molecular complexity index is 896. The largest absolute Gasteiger partial charge is 0.364 e. The fraction of sp³-hybridized carbons (Fsp3) is 0.409. The van der Waals surface area contributed by atoms with Gasteiger partial charge in [-0.1, -0.05) is 6.58 Å². The zero-order chi connectivity index (χ0) is 19.5. The van der Waals surface area contributed by atoms with Gasteiger partial charge in [0, 0.05) is 49.8 Å². The quantitative estimate of drug-likeness (QED) is 0.785. The molecule has 4 rings (SSSR count). The van der Waals surface area contributed by atoms with Crippen LogP contribution in [0.2, 0.25) is 0 Å². The van der Waals surface area contributed by atoms with E-state index in [9.17, 15) is 9.59 Å². The van der Waals surface area contributed by atoms with Crippen molar-refractivity contribution in [3.05, 3.63) is 59.8 Å². The molecule has 0 spiro atoms. The van der Waals surface area contributed by atoms with E-state index in [1.807, 2.05) is 23.1 Å². The SMILES string of the molecule is C=CC(=O)N1CCC(N(CC2CC2)c2cc(-c3ccncc3)c[nH]c2=O)CC1. The van der Waals surface area contributed by atoms with Gasteiger partial charge in [0.1, 0.15) is 5.69 Å². The molecule has 0 atom stereocenters. The molecule has 6 heteroatoms. The van der Waals surface area contributed by atoms with Crippen molar-refractivity contribution in [2.75, 3.05) is 24.5 Å². The summed E-state index contributed by atoms with van der Waals surface area (Å²) in [5, 5.41) is 0. The van der Waals surface area contributed by atoms with Crippen molar-refractivity contribution in [2.45, 2.75) is 31.7 Å². The van der Waals surface area contributed by atoms with Crippen molar-refractivity contribution in [1.82, 2.24) is 14.9 Å². The number of rotatable bonds is 6. The summed E-state index contributed by atoms with van der Waals surface area (Å²) < 4.78 is 0. The molecule has 1 aliphatic heterocycles. The van der Waals surface area contributed by atoms with Gasteiger partial charge in [0.25, 0.3) is 5.56 Å². The molecule has 1 saturated heterocycles. The van der Waals surface area contributed by atoms with Crippen LogP contribution in [0.1, 0.15) is 25.7 Å². The second-order valence-corrected chi connectivity index (χ2v) is 7.69. The Hall–Kier alpha value is -2.89. The lowest BCUT2D eigenvalue weighted by Gasteiger charge is -2.39. The molecule has 1 aliphatic carbocycles. The number of nitrogens with zero attached hydrogens (tertiary/aromatic N) is 3. The monoisotopic (exact) mass is 378 g/mol. The van der Waals surface area contributed by atoms with Gasteiger partial charge < -0.3 is 14.8 Å². The number of carbonyl (C=O) groups is 1. The summed E-state index contributed by atoms with van der Waals surface area (Å²) in [6.45, 7) is 5.90. The van der Waals surface area contributed by atoms with E-state index < -0.39 is 0 Å². The molecular weight excluding hydrogens is 352 g/mol. The number of hydrogen-bond acceptors (Lipinski definition) is 4. The minimum atomic E-state index is -0.0527. The summed E-state index contributed by atoms with van der Waals surface area (Å²) in [4.78, 5) is 35.7. The van der Waals surface area contributed by atoms with E-state index in [2.05, 4.69) is 21.4 Å². The highest BCUT2D eigenvalue weighted by atomic mass is 16.2. The minimum absolute atomic E-state index is 0.00951. The number of likely N-dealkylation sites (tertiary alicyclic amines) is 1. The van der Waals surface area contributed by atoms with Crippen LogP contribution in [-0.4, -0.2) is 46.5 Å². The highest BCUT2D eigenvalue weighted by Gasteiger charge is 2.32. The van der Waals surface area contributed by atoms with E-state index in [1.165, 1.54) is 18.9 Å². The van der Waals surface area contributed by atoms with Crippen LogP contribution in [-0.2, 0) is 4.79 Å². The van der Waals surface area contributed by atoms with E-state index in [1.54, 1.807) is 18.6 Å². The van der Waals surface area contributed by atoms with E-state index in [0.29, 0.717) is 19.0 Å². The summed E-state index contributed by atoms with van der Waals surface area (Å²) in [6.07, 6.45) is 10.9. The van der Waals surface area contributed by atoms with Crippen LogP contribution in [0.3, 0.4) is 0 Å². The van der Waals surface area contributed by atoms with E-state index in [-0.39, 0.29) is 17.5 Å². The Labute approximate surface area is 164 Å². The summed E-state index contributed by atoms with van der Waals surface area (Å²) >= 11 is 0. The van der Waals surface area contributed by atoms with Crippen molar-refractivity contribution >= 4 is 11.6 Å². The Morgan fingerprint density at radius 3 is 2.57 bits per heavy atom. The second kappa shape index (κ2) is 8.00. The summed E-state index contributed by atoms with van der Waals surface area (Å²) in [6, 6.07) is 6.16. The first-order chi connectivity index (χ1) is 13.7. The number of H-pyrrole nitrogens is 1. The highest BCUT2D eigenvalue weighted by Crippen LogP contribution is 2.34. The lowest BCUT2D eigenvalue weighted by Crippen LogP contribution is -2.48. The molecule has 0 radical (unpaired) electrons. The molecule has 28 heavy (non-hydrogen) atoms. The number of carbonyl (C=O) groups excluding carboxylic acids is 1. The molecule has 3 heterocycles. The number of nitrogens with one attached hydrogen (secondary N) is 1. The number of hydrogen-bond donors (Lipinski definition) is 1. The van der Waals surface area contributed by atoms with Gasteiger partial charge in [0.2, 0.25) is 5.91 Å². The third-order valence-electron chi connectivity index (χ3n) is 5.75. The summed E-state index contributed by atoms with van der Waals surface area (Å²) in [5.41, 5.74) is 2.69. The number of pyridine rings is 2. The van der Waals surface area contributed by atoms with Gasteiger partial charge in [-0.3, -0.25) is 14.6 Å². The van der Waals surface area contributed by atoms with Crippen molar-refractivity contribution in [3.8, 4) is 11.1 Å². The van der Waals surface area contributed by atoms with Crippen molar-refractivity contribution in [3.63, 3.8) is 0 Å². The average molecular weight is 378 g/mol. The molecule has 0 bridgehead atoms. The fourth-order valence-electron chi connectivity index (χ4n) is 3.95. The molecular formula is C22H26N4O2. The first kappa shape index (κ1) is 18.5. The van der Waals surface area contributed by atoms with E-state index in [0.717, 1.165) is 36.2 Å². The Morgan fingerprint density at radius 1 is 1.21 bits per heavy atom. The second-order valence-electron chi connectivity index (χ2n) is 7.69. The molecule has 2 aromatic heterocycles. The Kier molecular flexibility index (Phi) is 5.28. The first-order valence-corrected chi connectivity index (χ1v) is 9.97.